The van der Waals surface area contributed by atoms with Crippen molar-refractivity contribution in [3.8, 4) is 11.5 Å². The second kappa shape index (κ2) is 5.94. The highest BCUT2D eigenvalue weighted by Crippen LogP contribution is 2.38. The van der Waals surface area contributed by atoms with Gasteiger partial charge in [-0.1, -0.05) is 11.6 Å². The first kappa shape index (κ1) is 15.2. The quantitative estimate of drug-likeness (QED) is 0.385. The molecule has 0 unspecified atom stereocenters. The number of rotatable bonds is 3. The first-order chi connectivity index (χ1) is 12.1. The van der Waals surface area contributed by atoms with Crippen LogP contribution in [0.5, 0.6) is 11.5 Å². The number of aromatic hydroxyl groups is 2. The van der Waals surface area contributed by atoms with Crippen molar-refractivity contribution in [2.75, 3.05) is 0 Å². The van der Waals surface area contributed by atoms with Gasteiger partial charge in [0.2, 0.25) is 0 Å². The number of nitrogens with one attached hydrogen (secondary N) is 1. The topological polar surface area (TPSA) is 81.5 Å². The largest absolute Gasteiger partial charge is 0.507 e. The maximum atomic E-state index is 10.3. The van der Waals surface area contributed by atoms with E-state index in [9.17, 15) is 10.2 Å². The molecular weight excluding hydrogens is 314 g/mol. The van der Waals surface area contributed by atoms with Gasteiger partial charge in [-0.2, -0.15) is 0 Å². The molecular formula is C20H17N3O2. The Morgan fingerprint density at radius 2 is 2.04 bits per heavy atom. The highest BCUT2D eigenvalue weighted by molar-refractivity contribution is 5.94. The van der Waals surface area contributed by atoms with E-state index in [4.69, 9.17) is 0 Å². The number of benzene rings is 2. The van der Waals surface area contributed by atoms with Gasteiger partial charge >= 0.3 is 0 Å². The smallest absolute Gasteiger partial charge is 0.168 e. The number of phenols is 2. The lowest BCUT2D eigenvalue weighted by Gasteiger charge is -2.05. The summed E-state index contributed by atoms with van der Waals surface area (Å²) in [5.41, 5.74) is 4.07. The molecule has 0 bridgehead atoms. The van der Waals surface area contributed by atoms with Crippen molar-refractivity contribution in [3.63, 3.8) is 0 Å². The van der Waals surface area contributed by atoms with Crippen molar-refractivity contribution in [2.45, 2.75) is 13.3 Å². The molecule has 0 fully saturated rings. The number of hydrogen-bond donors (Lipinski definition) is 3. The summed E-state index contributed by atoms with van der Waals surface area (Å²) in [6.07, 6.45) is 5.89. The van der Waals surface area contributed by atoms with E-state index in [1.807, 2.05) is 6.20 Å². The van der Waals surface area contributed by atoms with E-state index in [1.165, 1.54) is 17.0 Å². The highest BCUT2D eigenvalue weighted by Gasteiger charge is 2.11. The van der Waals surface area contributed by atoms with E-state index < -0.39 is 0 Å². The second-order valence-corrected chi connectivity index (χ2v) is 6.04. The van der Waals surface area contributed by atoms with Gasteiger partial charge in [-0.25, -0.2) is 0 Å². The number of aromatic nitrogens is 2. The number of phenolic OH excluding ortho intramolecular Hbond substituents is 2. The van der Waals surface area contributed by atoms with Crippen LogP contribution in [0, 0.1) is 6.92 Å². The zero-order valence-corrected chi connectivity index (χ0v) is 13.7. The SMILES string of the molecule is Cc1ccc2[nH]cc(CC=Nc3cc(O)c4cccnc4c3O)c2c1. The van der Waals surface area contributed by atoms with E-state index >= 15 is 0 Å². The molecule has 0 aliphatic heterocycles. The Hall–Kier alpha value is -3.34. The van der Waals surface area contributed by atoms with E-state index in [-0.39, 0.29) is 11.5 Å². The molecule has 4 aromatic rings. The molecule has 25 heavy (non-hydrogen) atoms. The van der Waals surface area contributed by atoms with Gasteiger partial charge in [0.15, 0.2) is 5.75 Å². The summed E-state index contributed by atoms with van der Waals surface area (Å²) in [4.78, 5) is 11.7. The molecule has 5 heteroatoms. The number of H-pyrrole nitrogens is 1. The highest BCUT2D eigenvalue weighted by atomic mass is 16.3. The minimum Gasteiger partial charge on any atom is -0.507 e. The van der Waals surface area contributed by atoms with E-state index in [1.54, 1.807) is 24.5 Å². The number of pyridine rings is 1. The third-order valence-electron chi connectivity index (χ3n) is 4.29. The van der Waals surface area contributed by atoms with Gasteiger partial charge in [0.25, 0.3) is 0 Å². The number of nitrogens with zero attached hydrogens (tertiary/aromatic N) is 2. The molecule has 2 aromatic carbocycles. The molecule has 0 amide bonds. The van der Waals surface area contributed by atoms with Crippen LogP contribution >= 0.6 is 0 Å². The molecule has 0 atom stereocenters. The van der Waals surface area contributed by atoms with Crippen LogP contribution in [-0.2, 0) is 6.42 Å². The van der Waals surface area contributed by atoms with Crippen molar-refractivity contribution < 1.29 is 10.2 Å². The van der Waals surface area contributed by atoms with Crippen molar-refractivity contribution in [2.24, 2.45) is 4.99 Å². The molecule has 4 rings (SSSR count). The van der Waals surface area contributed by atoms with Gasteiger partial charge in [-0.15, -0.1) is 0 Å². The maximum Gasteiger partial charge on any atom is 0.168 e. The standard InChI is InChI=1S/C20H17N3O2/c1-12-4-5-16-15(9-12)13(11-23-16)6-8-21-17-10-18(24)14-3-2-7-22-19(14)20(17)25/h2-5,7-11,23-25H,6H2,1H3. The van der Waals surface area contributed by atoms with E-state index in [2.05, 4.69) is 40.1 Å². The normalized spacial score (nSPS) is 11.7. The number of hydrogen-bond acceptors (Lipinski definition) is 4. The third kappa shape index (κ3) is 2.70. The Labute approximate surface area is 144 Å². The first-order valence-corrected chi connectivity index (χ1v) is 8.02. The molecule has 0 saturated heterocycles. The summed E-state index contributed by atoms with van der Waals surface area (Å²) in [5, 5.41) is 22.1. The minimum atomic E-state index is -0.0283. The zero-order chi connectivity index (χ0) is 17.4. The summed E-state index contributed by atoms with van der Waals surface area (Å²) in [5.74, 6) is 0.0233. The fraction of sp³-hybridized carbons (Fsp3) is 0.100. The van der Waals surface area contributed by atoms with Crippen LogP contribution in [0.3, 0.4) is 0 Å². The number of aliphatic imine (C=N–C) groups is 1. The summed E-state index contributed by atoms with van der Waals surface area (Å²) in [6, 6.07) is 11.1. The Morgan fingerprint density at radius 3 is 2.92 bits per heavy atom. The number of fused-ring (bicyclic) bond motifs is 2. The van der Waals surface area contributed by atoms with Gasteiger partial charge in [0.1, 0.15) is 17.0 Å². The molecule has 0 aliphatic carbocycles. The Morgan fingerprint density at radius 1 is 1.16 bits per heavy atom. The van der Waals surface area contributed by atoms with Gasteiger partial charge in [0, 0.05) is 47.4 Å². The Balaban J connectivity index is 1.67. The number of aryl methyl sites for hydroxylation is 1. The molecule has 0 saturated carbocycles. The lowest BCUT2D eigenvalue weighted by molar-refractivity contribution is 0.470. The molecule has 2 heterocycles. The summed E-state index contributed by atoms with van der Waals surface area (Å²) < 4.78 is 0. The van der Waals surface area contributed by atoms with Crippen LogP contribution in [0.15, 0.2) is 53.8 Å². The minimum absolute atomic E-state index is 0.0283. The average Bonchev–Trinajstić information content (AvgIpc) is 3.01. The van der Waals surface area contributed by atoms with E-state index in [0.29, 0.717) is 23.0 Å². The van der Waals surface area contributed by atoms with Crippen LogP contribution in [0.2, 0.25) is 0 Å². The van der Waals surface area contributed by atoms with Crippen molar-refractivity contribution in [1.82, 2.24) is 9.97 Å². The van der Waals surface area contributed by atoms with Gasteiger partial charge < -0.3 is 15.2 Å². The first-order valence-electron chi connectivity index (χ1n) is 8.02. The van der Waals surface area contributed by atoms with Gasteiger partial charge in [0.05, 0.1) is 0 Å². The van der Waals surface area contributed by atoms with Crippen LogP contribution in [0.4, 0.5) is 5.69 Å². The monoisotopic (exact) mass is 331 g/mol. The lowest BCUT2D eigenvalue weighted by atomic mass is 10.1. The predicted molar refractivity (Wildman–Crippen MR) is 100.0 cm³/mol. The van der Waals surface area contributed by atoms with Crippen LogP contribution in [0.1, 0.15) is 11.1 Å². The molecule has 3 N–H and O–H groups in total. The lowest BCUT2D eigenvalue weighted by Crippen LogP contribution is -1.85. The van der Waals surface area contributed by atoms with E-state index in [0.717, 1.165) is 11.1 Å². The second-order valence-electron chi connectivity index (χ2n) is 6.04. The summed E-state index contributed by atoms with van der Waals surface area (Å²) in [7, 11) is 0. The maximum absolute atomic E-state index is 10.3. The molecule has 5 nitrogen and oxygen atoms in total. The number of aromatic amines is 1. The van der Waals surface area contributed by atoms with Crippen LogP contribution < -0.4 is 0 Å². The molecule has 0 spiro atoms. The van der Waals surface area contributed by atoms with Gasteiger partial charge in [-0.05, 0) is 36.8 Å². The summed E-state index contributed by atoms with van der Waals surface area (Å²) >= 11 is 0. The third-order valence-corrected chi connectivity index (χ3v) is 4.29. The zero-order valence-electron chi connectivity index (χ0n) is 13.7. The Bertz CT molecular complexity index is 1110. The summed E-state index contributed by atoms with van der Waals surface area (Å²) in [6.45, 7) is 2.06. The molecule has 124 valence electrons. The molecule has 2 aromatic heterocycles. The predicted octanol–water partition coefficient (Wildman–Crippen LogP) is 4.38. The van der Waals surface area contributed by atoms with Crippen molar-refractivity contribution in [1.29, 1.82) is 0 Å². The average molecular weight is 331 g/mol. The van der Waals surface area contributed by atoms with Crippen LogP contribution in [-0.4, -0.2) is 26.4 Å². The van der Waals surface area contributed by atoms with Crippen molar-refractivity contribution >= 4 is 33.7 Å². The van der Waals surface area contributed by atoms with Gasteiger partial charge in [-0.3, -0.25) is 9.98 Å². The Kier molecular flexibility index (Phi) is 3.61. The fourth-order valence-corrected chi connectivity index (χ4v) is 3.00. The van der Waals surface area contributed by atoms with Crippen LogP contribution in [0.25, 0.3) is 21.8 Å². The van der Waals surface area contributed by atoms with Crippen molar-refractivity contribution in [3.05, 3.63) is 59.9 Å². The fourth-order valence-electron chi connectivity index (χ4n) is 3.00. The molecule has 0 radical (unpaired) electrons. The molecule has 0 aliphatic rings.